The lowest BCUT2D eigenvalue weighted by Crippen LogP contribution is -2.43. The van der Waals surface area contributed by atoms with Crippen LogP contribution in [0.4, 0.5) is 13.2 Å². The van der Waals surface area contributed by atoms with E-state index in [-0.39, 0.29) is 23.1 Å². The van der Waals surface area contributed by atoms with Crippen LogP contribution in [0.1, 0.15) is 41.9 Å². The van der Waals surface area contributed by atoms with E-state index < -0.39 is 17.8 Å². The molecular formula is C19H22F3N3O. The molecule has 4 nitrogen and oxygen atoms in total. The molecule has 1 aromatic carbocycles. The van der Waals surface area contributed by atoms with Crippen LogP contribution in [-0.4, -0.2) is 33.7 Å². The summed E-state index contributed by atoms with van der Waals surface area (Å²) in [6, 6.07) is 6.56. The average molecular weight is 365 g/mol. The molecule has 2 atom stereocenters. The number of carbonyl (C=O) groups is 1. The molecule has 0 N–H and O–H groups in total. The molecule has 1 fully saturated rings. The maximum Gasteiger partial charge on any atom is 0.434 e. The van der Waals surface area contributed by atoms with Crippen LogP contribution in [0, 0.1) is 18.8 Å². The number of aryl methyl sites for hydroxylation is 1. The molecule has 0 radical (unpaired) electrons. The molecule has 0 saturated carbocycles. The second kappa shape index (κ2) is 6.78. The van der Waals surface area contributed by atoms with Crippen LogP contribution in [0.25, 0.3) is 5.69 Å². The third-order valence-corrected chi connectivity index (χ3v) is 4.70. The molecule has 26 heavy (non-hydrogen) atoms. The van der Waals surface area contributed by atoms with Gasteiger partial charge in [-0.2, -0.15) is 18.3 Å². The summed E-state index contributed by atoms with van der Waals surface area (Å²) >= 11 is 0. The van der Waals surface area contributed by atoms with Crippen LogP contribution < -0.4 is 0 Å². The molecule has 1 amide bonds. The molecule has 1 aromatic heterocycles. The average Bonchev–Trinajstić information content (AvgIpc) is 2.99. The van der Waals surface area contributed by atoms with Crippen molar-refractivity contribution in [2.75, 3.05) is 13.1 Å². The van der Waals surface area contributed by atoms with Gasteiger partial charge < -0.3 is 4.90 Å². The molecule has 2 unspecified atom stereocenters. The first-order chi connectivity index (χ1) is 12.2. The molecule has 140 valence electrons. The summed E-state index contributed by atoms with van der Waals surface area (Å²) in [4.78, 5) is 14.3. The third kappa shape index (κ3) is 3.61. The number of likely N-dealkylation sites (tertiary alicyclic amines) is 1. The summed E-state index contributed by atoms with van der Waals surface area (Å²) in [6.07, 6.45) is -2.67. The largest absolute Gasteiger partial charge is 0.434 e. The summed E-state index contributed by atoms with van der Waals surface area (Å²) < 4.78 is 42.1. The van der Waals surface area contributed by atoms with E-state index in [0.29, 0.717) is 13.1 Å². The van der Waals surface area contributed by atoms with Gasteiger partial charge in [-0.3, -0.25) is 4.79 Å². The van der Waals surface area contributed by atoms with Crippen molar-refractivity contribution >= 4 is 5.91 Å². The van der Waals surface area contributed by atoms with Crippen molar-refractivity contribution in [1.82, 2.24) is 14.7 Å². The van der Waals surface area contributed by atoms with Crippen molar-refractivity contribution in [3.8, 4) is 5.69 Å². The van der Waals surface area contributed by atoms with E-state index in [4.69, 9.17) is 0 Å². The van der Waals surface area contributed by atoms with Gasteiger partial charge in [0.2, 0.25) is 0 Å². The summed E-state index contributed by atoms with van der Waals surface area (Å²) in [5, 5.41) is 3.89. The molecule has 1 aliphatic heterocycles. The highest BCUT2D eigenvalue weighted by molar-refractivity contribution is 5.95. The number of benzene rings is 1. The van der Waals surface area contributed by atoms with Crippen LogP contribution >= 0.6 is 0 Å². The number of rotatable bonds is 2. The monoisotopic (exact) mass is 365 g/mol. The van der Waals surface area contributed by atoms with Gasteiger partial charge in [0.05, 0.1) is 17.4 Å². The Labute approximate surface area is 150 Å². The van der Waals surface area contributed by atoms with Crippen molar-refractivity contribution in [2.24, 2.45) is 11.8 Å². The van der Waals surface area contributed by atoms with Crippen molar-refractivity contribution in [3.63, 3.8) is 0 Å². The van der Waals surface area contributed by atoms with E-state index in [1.54, 1.807) is 24.3 Å². The second-order valence-corrected chi connectivity index (χ2v) is 7.31. The smallest absolute Gasteiger partial charge is 0.338 e. The normalized spacial score (nSPS) is 21.1. The Balaban J connectivity index is 2.02. The molecular weight excluding hydrogens is 343 g/mol. The number of carbonyl (C=O) groups excluding carboxylic acids is 1. The van der Waals surface area contributed by atoms with Gasteiger partial charge >= 0.3 is 6.18 Å². The lowest BCUT2D eigenvalue weighted by molar-refractivity contribution is -0.143. The topological polar surface area (TPSA) is 38.1 Å². The van der Waals surface area contributed by atoms with E-state index in [1.165, 1.54) is 4.90 Å². The Morgan fingerprint density at radius 3 is 2.23 bits per heavy atom. The molecule has 1 saturated heterocycles. The molecule has 3 rings (SSSR count). The van der Waals surface area contributed by atoms with E-state index in [1.807, 2.05) is 20.8 Å². The standard InChI is InChI=1S/C19H22F3N3O/c1-12-4-6-15(7-5-12)25-17(19(20,21)22)16(9-23-25)18(26)24-10-13(2)8-14(3)11-24/h4-7,9,13-14H,8,10-11H2,1-3H3. The van der Waals surface area contributed by atoms with Crippen LogP contribution in [0.5, 0.6) is 0 Å². The molecule has 7 heteroatoms. The van der Waals surface area contributed by atoms with Crippen LogP contribution in [0.2, 0.25) is 0 Å². The minimum atomic E-state index is -4.68. The van der Waals surface area contributed by atoms with Crippen LogP contribution in [-0.2, 0) is 6.18 Å². The van der Waals surface area contributed by atoms with Crippen molar-refractivity contribution < 1.29 is 18.0 Å². The second-order valence-electron chi connectivity index (χ2n) is 7.31. The van der Waals surface area contributed by atoms with Crippen LogP contribution in [0.15, 0.2) is 30.5 Å². The van der Waals surface area contributed by atoms with E-state index >= 15 is 0 Å². The minimum absolute atomic E-state index is 0.268. The number of piperidine rings is 1. The Morgan fingerprint density at radius 1 is 1.12 bits per heavy atom. The highest BCUT2D eigenvalue weighted by Crippen LogP contribution is 2.35. The number of nitrogens with zero attached hydrogens (tertiary/aromatic N) is 3. The maximum atomic E-state index is 13.8. The molecule has 1 aliphatic rings. The van der Waals surface area contributed by atoms with Gasteiger partial charge in [-0.1, -0.05) is 31.5 Å². The first-order valence-electron chi connectivity index (χ1n) is 8.68. The quantitative estimate of drug-likeness (QED) is 0.795. The molecule has 2 aromatic rings. The summed E-state index contributed by atoms with van der Waals surface area (Å²) in [6.45, 7) is 6.81. The SMILES string of the molecule is Cc1ccc(-n2ncc(C(=O)N3CC(C)CC(C)C3)c2C(F)(F)F)cc1. The predicted octanol–water partition coefficient (Wildman–Crippen LogP) is 4.32. The lowest BCUT2D eigenvalue weighted by atomic mass is 9.91. The number of alkyl halides is 3. The van der Waals surface area contributed by atoms with Gasteiger partial charge in [-0.05, 0) is 37.3 Å². The molecule has 2 heterocycles. The van der Waals surface area contributed by atoms with E-state index in [9.17, 15) is 18.0 Å². The Morgan fingerprint density at radius 2 is 1.69 bits per heavy atom. The Kier molecular flexibility index (Phi) is 4.82. The number of halogens is 3. The van der Waals surface area contributed by atoms with Gasteiger partial charge in [0.25, 0.3) is 5.91 Å². The summed E-state index contributed by atoms with van der Waals surface area (Å²) in [7, 11) is 0. The van der Waals surface area contributed by atoms with Crippen molar-refractivity contribution in [3.05, 3.63) is 47.3 Å². The molecule has 0 bridgehead atoms. The molecule has 0 aliphatic carbocycles. The number of hydrogen-bond acceptors (Lipinski definition) is 2. The molecule has 0 spiro atoms. The zero-order chi connectivity index (χ0) is 19.1. The fraction of sp³-hybridized carbons (Fsp3) is 0.474. The van der Waals surface area contributed by atoms with Gasteiger partial charge in [0, 0.05) is 13.1 Å². The number of aromatic nitrogens is 2. The minimum Gasteiger partial charge on any atom is -0.338 e. The Bertz CT molecular complexity index is 785. The number of hydrogen-bond donors (Lipinski definition) is 0. The van der Waals surface area contributed by atoms with Gasteiger partial charge in [0.1, 0.15) is 0 Å². The Hall–Kier alpha value is -2.31. The highest BCUT2D eigenvalue weighted by Gasteiger charge is 2.42. The van der Waals surface area contributed by atoms with Gasteiger partial charge in [0.15, 0.2) is 5.69 Å². The zero-order valence-electron chi connectivity index (χ0n) is 15.0. The first-order valence-corrected chi connectivity index (χ1v) is 8.68. The zero-order valence-corrected chi connectivity index (χ0v) is 15.0. The maximum absolute atomic E-state index is 13.8. The van der Waals surface area contributed by atoms with Crippen molar-refractivity contribution in [1.29, 1.82) is 0 Å². The van der Waals surface area contributed by atoms with Gasteiger partial charge in [-0.25, -0.2) is 4.68 Å². The predicted molar refractivity (Wildman–Crippen MR) is 92.2 cm³/mol. The third-order valence-electron chi connectivity index (χ3n) is 4.70. The fourth-order valence-corrected chi connectivity index (χ4v) is 3.66. The van der Waals surface area contributed by atoms with Crippen LogP contribution in [0.3, 0.4) is 0 Å². The lowest BCUT2D eigenvalue weighted by Gasteiger charge is -2.35. The van der Waals surface area contributed by atoms with E-state index in [0.717, 1.165) is 22.9 Å². The first kappa shape index (κ1) is 18.5. The van der Waals surface area contributed by atoms with E-state index in [2.05, 4.69) is 5.10 Å². The van der Waals surface area contributed by atoms with Crippen molar-refractivity contribution in [2.45, 2.75) is 33.4 Å². The fourth-order valence-electron chi connectivity index (χ4n) is 3.66. The highest BCUT2D eigenvalue weighted by atomic mass is 19.4. The summed E-state index contributed by atoms with van der Waals surface area (Å²) in [5.74, 6) is -0.0672. The number of amides is 1. The summed E-state index contributed by atoms with van der Waals surface area (Å²) in [5.41, 5.74) is -0.194. The van der Waals surface area contributed by atoms with Gasteiger partial charge in [-0.15, -0.1) is 0 Å².